The van der Waals surface area contributed by atoms with Crippen LogP contribution in [0.2, 0.25) is 0 Å². The highest BCUT2D eigenvalue weighted by Gasteiger charge is 2.23. The zero-order valence-corrected chi connectivity index (χ0v) is 11.8. The summed E-state index contributed by atoms with van der Waals surface area (Å²) in [4.78, 5) is 22.7. The summed E-state index contributed by atoms with van der Waals surface area (Å²) < 4.78 is 5.04. The first kappa shape index (κ1) is 17.9. The van der Waals surface area contributed by atoms with Crippen LogP contribution < -0.4 is 5.32 Å². The van der Waals surface area contributed by atoms with Crippen LogP contribution in [0.4, 0.5) is 4.79 Å². The van der Waals surface area contributed by atoms with Crippen molar-refractivity contribution in [3.8, 4) is 0 Å². The molecule has 6 nitrogen and oxygen atoms in total. The Morgan fingerprint density at radius 1 is 1.25 bits per heavy atom. The molecule has 0 bridgehead atoms. The molecule has 6 heteroatoms. The van der Waals surface area contributed by atoms with Gasteiger partial charge in [0.15, 0.2) is 0 Å². The number of amides is 1. The fraction of sp³-hybridized carbons (Fsp3) is 0.429. The molecule has 0 heterocycles. The van der Waals surface area contributed by atoms with Gasteiger partial charge in [-0.25, -0.2) is 9.59 Å². The van der Waals surface area contributed by atoms with Gasteiger partial charge in [0.2, 0.25) is 0 Å². The van der Waals surface area contributed by atoms with Crippen LogP contribution in [0.25, 0.3) is 0 Å². The molecule has 0 unspecified atom stereocenters. The normalized spacial score (nSPS) is 11.9. The molecule has 4 N–H and O–H groups in total. The van der Waals surface area contributed by atoms with Crippen molar-refractivity contribution in [1.29, 1.82) is 0 Å². The first-order valence-electron chi connectivity index (χ1n) is 6.04. The molecule has 1 atom stereocenters. The second-order valence-corrected chi connectivity index (χ2v) is 5.23. The molecule has 1 rings (SSSR count). The maximum Gasteiger partial charge on any atom is 0.408 e. The van der Waals surface area contributed by atoms with Crippen LogP contribution in [0.1, 0.15) is 26.3 Å². The number of carbonyl (C=O) groups is 2. The van der Waals surface area contributed by atoms with Crippen LogP contribution in [0.3, 0.4) is 0 Å². The van der Waals surface area contributed by atoms with E-state index in [1.54, 1.807) is 20.8 Å². The lowest BCUT2D eigenvalue weighted by molar-refractivity contribution is -0.139. The lowest BCUT2D eigenvalue weighted by atomic mass is 10.1. The number of ether oxygens (including phenoxy) is 1. The molecule has 0 saturated carbocycles. The van der Waals surface area contributed by atoms with Crippen molar-refractivity contribution in [3.63, 3.8) is 0 Å². The van der Waals surface area contributed by atoms with Gasteiger partial charge in [0, 0.05) is 6.42 Å². The van der Waals surface area contributed by atoms with E-state index < -0.39 is 23.7 Å². The quantitative estimate of drug-likeness (QED) is 0.870. The zero-order chi connectivity index (χ0) is 14.5. The fourth-order valence-corrected chi connectivity index (χ4v) is 1.50. The largest absolute Gasteiger partial charge is 0.480 e. The average molecular weight is 283 g/mol. The van der Waals surface area contributed by atoms with Crippen molar-refractivity contribution in [1.82, 2.24) is 5.32 Å². The molecular formula is C14H21NO5. The minimum absolute atomic E-state index is 0. The molecule has 0 spiro atoms. The van der Waals surface area contributed by atoms with Crippen molar-refractivity contribution in [2.45, 2.75) is 38.8 Å². The van der Waals surface area contributed by atoms with Crippen LogP contribution >= 0.6 is 0 Å². The third kappa shape index (κ3) is 6.75. The summed E-state index contributed by atoms with van der Waals surface area (Å²) in [7, 11) is 0. The highest BCUT2D eigenvalue weighted by molar-refractivity contribution is 5.80. The fourth-order valence-electron chi connectivity index (χ4n) is 1.50. The van der Waals surface area contributed by atoms with Gasteiger partial charge in [-0.2, -0.15) is 0 Å². The van der Waals surface area contributed by atoms with Gasteiger partial charge < -0.3 is 20.6 Å². The molecular weight excluding hydrogens is 262 g/mol. The molecule has 0 fully saturated rings. The topological polar surface area (TPSA) is 107 Å². The van der Waals surface area contributed by atoms with Crippen LogP contribution in [0, 0.1) is 0 Å². The van der Waals surface area contributed by atoms with Gasteiger partial charge >= 0.3 is 12.1 Å². The average Bonchev–Trinajstić information content (AvgIpc) is 2.26. The Morgan fingerprint density at radius 2 is 1.80 bits per heavy atom. The summed E-state index contributed by atoms with van der Waals surface area (Å²) in [6.45, 7) is 5.17. The van der Waals surface area contributed by atoms with E-state index in [9.17, 15) is 9.59 Å². The predicted octanol–water partition coefficient (Wildman–Crippen LogP) is 1.38. The Bertz CT molecular complexity index is 439. The second kappa shape index (κ2) is 7.49. The summed E-state index contributed by atoms with van der Waals surface area (Å²) in [5.74, 6) is -1.09. The second-order valence-electron chi connectivity index (χ2n) is 5.23. The minimum atomic E-state index is -1.09. The molecule has 0 aliphatic rings. The van der Waals surface area contributed by atoms with Gasteiger partial charge in [0.25, 0.3) is 0 Å². The molecule has 0 aliphatic carbocycles. The number of hydrogen-bond donors (Lipinski definition) is 2. The molecule has 0 aliphatic heterocycles. The van der Waals surface area contributed by atoms with Gasteiger partial charge in [-0.3, -0.25) is 0 Å². The molecule has 1 aromatic rings. The SMILES string of the molecule is CC(C)(C)OC(=O)N[C@@H](Cc1ccccc1)C(=O)O.O. The van der Waals surface area contributed by atoms with E-state index in [0.717, 1.165) is 5.56 Å². The van der Waals surface area contributed by atoms with Crippen LogP contribution in [-0.4, -0.2) is 34.3 Å². The number of alkyl carbamates (subject to hydrolysis) is 1. The Hall–Kier alpha value is -2.08. The minimum Gasteiger partial charge on any atom is -0.480 e. The Labute approximate surface area is 118 Å². The third-order valence-corrected chi connectivity index (χ3v) is 2.27. The number of carboxylic acids is 1. The van der Waals surface area contributed by atoms with Gasteiger partial charge in [0.1, 0.15) is 11.6 Å². The number of benzene rings is 1. The predicted molar refractivity (Wildman–Crippen MR) is 74.6 cm³/mol. The molecule has 0 radical (unpaired) electrons. The monoisotopic (exact) mass is 283 g/mol. The summed E-state index contributed by atoms with van der Waals surface area (Å²) in [5.41, 5.74) is 0.186. The van der Waals surface area contributed by atoms with E-state index in [4.69, 9.17) is 9.84 Å². The van der Waals surface area contributed by atoms with Crippen molar-refractivity contribution >= 4 is 12.1 Å². The highest BCUT2D eigenvalue weighted by atomic mass is 16.6. The standard InChI is InChI=1S/C14H19NO4.H2O/c1-14(2,3)19-13(18)15-11(12(16)17)9-10-7-5-4-6-8-10;/h4-8,11H,9H2,1-3H3,(H,15,18)(H,16,17);1H2/t11-;/m0./s1. The van der Waals surface area contributed by atoms with E-state index in [-0.39, 0.29) is 11.9 Å². The maximum atomic E-state index is 11.6. The summed E-state index contributed by atoms with van der Waals surface area (Å²) in [6, 6.07) is 8.11. The number of rotatable bonds is 4. The Morgan fingerprint density at radius 3 is 2.25 bits per heavy atom. The third-order valence-electron chi connectivity index (χ3n) is 2.27. The maximum absolute atomic E-state index is 11.6. The van der Waals surface area contributed by atoms with E-state index in [2.05, 4.69) is 5.32 Å². The smallest absolute Gasteiger partial charge is 0.408 e. The Balaban J connectivity index is 0.00000361. The van der Waals surface area contributed by atoms with E-state index in [1.807, 2.05) is 30.3 Å². The number of aliphatic carboxylic acids is 1. The lowest BCUT2D eigenvalue weighted by Gasteiger charge is -2.22. The molecule has 0 aromatic heterocycles. The number of carbonyl (C=O) groups excluding carboxylic acids is 1. The molecule has 1 aromatic carbocycles. The van der Waals surface area contributed by atoms with Gasteiger partial charge in [-0.05, 0) is 26.3 Å². The van der Waals surface area contributed by atoms with E-state index in [1.165, 1.54) is 0 Å². The zero-order valence-electron chi connectivity index (χ0n) is 11.8. The molecule has 1 amide bonds. The first-order valence-corrected chi connectivity index (χ1v) is 6.04. The van der Waals surface area contributed by atoms with Crippen LogP contribution in [0.5, 0.6) is 0 Å². The summed E-state index contributed by atoms with van der Waals surface area (Å²) >= 11 is 0. The van der Waals surface area contributed by atoms with Gasteiger partial charge in [0.05, 0.1) is 0 Å². The number of carboxylic acid groups (broad SMARTS) is 1. The molecule has 20 heavy (non-hydrogen) atoms. The summed E-state index contributed by atoms with van der Waals surface area (Å²) in [5, 5.41) is 11.5. The number of nitrogens with one attached hydrogen (secondary N) is 1. The van der Waals surface area contributed by atoms with Crippen molar-refractivity contribution in [2.24, 2.45) is 0 Å². The first-order chi connectivity index (χ1) is 8.78. The lowest BCUT2D eigenvalue weighted by Crippen LogP contribution is -2.44. The van der Waals surface area contributed by atoms with Crippen molar-refractivity contribution in [3.05, 3.63) is 35.9 Å². The van der Waals surface area contributed by atoms with Crippen LogP contribution in [-0.2, 0) is 16.0 Å². The molecule has 0 saturated heterocycles. The Kier molecular flexibility index (Phi) is 6.72. The van der Waals surface area contributed by atoms with E-state index >= 15 is 0 Å². The van der Waals surface area contributed by atoms with E-state index in [0.29, 0.717) is 0 Å². The van der Waals surface area contributed by atoms with Gasteiger partial charge in [-0.15, -0.1) is 0 Å². The highest BCUT2D eigenvalue weighted by Crippen LogP contribution is 2.08. The number of hydrogen-bond acceptors (Lipinski definition) is 3. The molecule has 112 valence electrons. The van der Waals surface area contributed by atoms with Gasteiger partial charge in [-0.1, -0.05) is 30.3 Å². The summed E-state index contributed by atoms with van der Waals surface area (Å²) in [6.07, 6.45) is -0.508. The van der Waals surface area contributed by atoms with Crippen molar-refractivity contribution in [2.75, 3.05) is 0 Å². The van der Waals surface area contributed by atoms with Crippen LogP contribution in [0.15, 0.2) is 30.3 Å². The van der Waals surface area contributed by atoms with Crippen molar-refractivity contribution < 1.29 is 24.9 Å².